The van der Waals surface area contributed by atoms with Gasteiger partial charge in [0.25, 0.3) is 0 Å². The number of rotatable bonds is 5. The minimum absolute atomic E-state index is 0.730. The predicted molar refractivity (Wildman–Crippen MR) is 57.7 cm³/mol. The number of aromatic nitrogens is 4. The number of hydrogen-bond acceptors (Lipinski definition) is 5. The van der Waals surface area contributed by atoms with Crippen LogP contribution in [0.5, 0.6) is 0 Å². The maximum atomic E-state index is 4.65. The van der Waals surface area contributed by atoms with Crippen molar-refractivity contribution in [3.05, 3.63) is 29.7 Å². The number of hydrogen-bond donors (Lipinski definition) is 1. The summed E-state index contributed by atoms with van der Waals surface area (Å²) in [5.74, 6) is 0.730. The summed E-state index contributed by atoms with van der Waals surface area (Å²) in [5, 5.41) is 11.3. The SMILES string of the molecule is Cc1cc(CNCCc2ncon2)n(C)n1. The van der Waals surface area contributed by atoms with E-state index in [4.69, 9.17) is 0 Å². The summed E-state index contributed by atoms with van der Waals surface area (Å²) in [4.78, 5) is 3.95. The van der Waals surface area contributed by atoms with E-state index in [1.54, 1.807) is 0 Å². The molecule has 6 heteroatoms. The zero-order valence-corrected chi connectivity index (χ0v) is 9.47. The van der Waals surface area contributed by atoms with E-state index in [1.807, 2.05) is 18.7 Å². The lowest BCUT2D eigenvalue weighted by Crippen LogP contribution is -2.18. The van der Waals surface area contributed by atoms with Crippen molar-refractivity contribution in [2.75, 3.05) is 6.54 Å². The molecule has 16 heavy (non-hydrogen) atoms. The zero-order chi connectivity index (χ0) is 11.4. The van der Waals surface area contributed by atoms with Crippen LogP contribution in [0.25, 0.3) is 0 Å². The minimum atomic E-state index is 0.730. The molecule has 0 unspecified atom stereocenters. The van der Waals surface area contributed by atoms with Gasteiger partial charge in [-0.05, 0) is 13.0 Å². The van der Waals surface area contributed by atoms with E-state index in [-0.39, 0.29) is 0 Å². The van der Waals surface area contributed by atoms with Crippen molar-refractivity contribution in [2.45, 2.75) is 19.9 Å². The molecule has 0 aliphatic rings. The molecule has 86 valence electrons. The van der Waals surface area contributed by atoms with Gasteiger partial charge in [0.05, 0.1) is 11.4 Å². The van der Waals surface area contributed by atoms with Gasteiger partial charge in [-0.3, -0.25) is 4.68 Å². The Morgan fingerprint density at radius 2 is 2.38 bits per heavy atom. The van der Waals surface area contributed by atoms with Crippen LogP contribution >= 0.6 is 0 Å². The average Bonchev–Trinajstić information content (AvgIpc) is 2.84. The van der Waals surface area contributed by atoms with Gasteiger partial charge in [-0.25, -0.2) is 0 Å². The van der Waals surface area contributed by atoms with E-state index in [0.717, 1.165) is 31.0 Å². The molecule has 2 heterocycles. The Morgan fingerprint density at radius 1 is 1.50 bits per heavy atom. The van der Waals surface area contributed by atoms with Gasteiger partial charge >= 0.3 is 0 Å². The van der Waals surface area contributed by atoms with Crippen LogP contribution in [0.2, 0.25) is 0 Å². The Morgan fingerprint density at radius 3 is 3.00 bits per heavy atom. The Kier molecular flexibility index (Phi) is 3.31. The molecule has 0 spiro atoms. The summed E-state index contributed by atoms with van der Waals surface area (Å²) in [6.07, 6.45) is 2.12. The monoisotopic (exact) mass is 221 g/mol. The van der Waals surface area contributed by atoms with Gasteiger partial charge in [-0.1, -0.05) is 5.16 Å². The Balaban J connectivity index is 1.74. The smallest absolute Gasteiger partial charge is 0.213 e. The van der Waals surface area contributed by atoms with E-state index in [2.05, 4.69) is 31.1 Å². The van der Waals surface area contributed by atoms with Gasteiger partial charge in [0.2, 0.25) is 6.39 Å². The molecule has 0 aliphatic heterocycles. The van der Waals surface area contributed by atoms with Crippen molar-refractivity contribution in [1.82, 2.24) is 25.2 Å². The molecule has 0 atom stereocenters. The highest BCUT2D eigenvalue weighted by Crippen LogP contribution is 2.00. The molecule has 6 nitrogen and oxygen atoms in total. The molecule has 2 aromatic heterocycles. The largest absolute Gasteiger partial charge is 0.343 e. The maximum Gasteiger partial charge on any atom is 0.213 e. The van der Waals surface area contributed by atoms with Crippen LogP contribution in [0, 0.1) is 6.92 Å². The van der Waals surface area contributed by atoms with Crippen molar-refractivity contribution in [1.29, 1.82) is 0 Å². The topological polar surface area (TPSA) is 68.8 Å². The highest BCUT2D eigenvalue weighted by atomic mass is 16.5. The van der Waals surface area contributed by atoms with Gasteiger partial charge in [0, 0.05) is 26.6 Å². The van der Waals surface area contributed by atoms with E-state index < -0.39 is 0 Å². The van der Waals surface area contributed by atoms with Crippen molar-refractivity contribution in [3.8, 4) is 0 Å². The van der Waals surface area contributed by atoms with Gasteiger partial charge in [0.1, 0.15) is 0 Å². The first-order valence-corrected chi connectivity index (χ1v) is 5.21. The first kappa shape index (κ1) is 10.8. The molecule has 0 saturated carbocycles. The second kappa shape index (κ2) is 4.89. The first-order chi connectivity index (χ1) is 7.75. The third-order valence-electron chi connectivity index (χ3n) is 2.34. The predicted octanol–water partition coefficient (Wildman–Crippen LogP) is 0.444. The van der Waals surface area contributed by atoms with Crippen LogP contribution in [0.3, 0.4) is 0 Å². The summed E-state index contributed by atoms with van der Waals surface area (Å²) in [6, 6.07) is 2.07. The fourth-order valence-corrected chi connectivity index (χ4v) is 1.55. The fraction of sp³-hybridized carbons (Fsp3) is 0.500. The zero-order valence-electron chi connectivity index (χ0n) is 9.47. The van der Waals surface area contributed by atoms with Gasteiger partial charge in [-0.2, -0.15) is 10.1 Å². The van der Waals surface area contributed by atoms with Crippen molar-refractivity contribution >= 4 is 0 Å². The molecule has 2 aromatic rings. The molecule has 0 bridgehead atoms. The Hall–Kier alpha value is -1.69. The second-order valence-corrected chi connectivity index (χ2v) is 3.67. The fourth-order valence-electron chi connectivity index (χ4n) is 1.55. The van der Waals surface area contributed by atoms with Crippen LogP contribution in [-0.2, 0) is 20.0 Å². The number of nitrogens with one attached hydrogen (secondary N) is 1. The molecule has 0 fully saturated rings. The summed E-state index contributed by atoms with van der Waals surface area (Å²) in [6.45, 7) is 3.61. The van der Waals surface area contributed by atoms with E-state index in [9.17, 15) is 0 Å². The van der Waals surface area contributed by atoms with E-state index >= 15 is 0 Å². The van der Waals surface area contributed by atoms with E-state index in [1.165, 1.54) is 12.1 Å². The molecule has 1 N–H and O–H groups in total. The number of nitrogens with zero attached hydrogens (tertiary/aromatic N) is 4. The Bertz CT molecular complexity index is 434. The summed E-state index contributed by atoms with van der Waals surface area (Å²) in [5.41, 5.74) is 2.21. The molecule has 2 rings (SSSR count). The van der Waals surface area contributed by atoms with Crippen LogP contribution in [-0.4, -0.2) is 26.5 Å². The lowest BCUT2D eigenvalue weighted by molar-refractivity contribution is 0.409. The van der Waals surface area contributed by atoms with Crippen LogP contribution in [0.4, 0.5) is 0 Å². The summed E-state index contributed by atoms with van der Waals surface area (Å²) in [7, 11) is 1.95. The lowest BCUT2D eigenvalue weighted by atomic mass is 10.3. The number of aryl methyl sites for hydroxylation is 2. The standard InChI is InChI=1S/C10H15N5O/c1-8-5-9(15(2)13-8)6-11-4-3-10-12-7-16-14-10/h5,7,11H,3-4,6H2,1-2H3. The van der Waals surface area contributed by atoms with Crippen LogP contribution in [0.1, 0.15) is 17.2 Å². The van der Waals surface area contributed by atoms with Crippen molar-refractivity contribution < 1.29 is 4.52 Å². The molecule has 0 aromatic carbocycles. The van der Waals surface area contributed by atoms with Gasteiger partial charge in [0.15, 0.2) is 5.82 Å². The quantitative estimate of drug-likeness (QED) is 0.742. The normalized spacial score (nSPS) is 10.9. The van der Waals surface area contributed by atoms with Gasteiger partial charge < -0.3 is 9.84 Å². The highest BCUT2D eigenvalue weighted by Gasteiger charge is 2.02. The van der Waals surface area contributed by atoms with Crippen LogP contribution < -0.4 is 5.32 Å². The van der Waals surface area contributed by atoms with E-state index in [0.29, 0.717) is 0 Å². The third kappa shape index (κ3) is 2.66. The van der Waals surface area contributed by atoms with Crippen molar-refractivity contribution in [3.63, 3.8) is 0 Å². The van der Waals surface area contributed by atoms with Gasteiger partial charge in [-0.15, -0.1) is 0 Å². The average molecular weight is 221 g/mol. The highest BCUT2D eigenvalue weighted by molar-refractivity contribution is 5.08. The maximum absolute atomic E-state index is 4.65. The third-order valence-corrected chi connectivity index (χ3v) is 2.34. The summed E-state index contributed by atoms with van der Waals surface area (Å²) < 4.78 is 6.53. The first-order valence-electron chi connectivity index (χ1n) is 5.21. The summed E-state index contributed by atoms with van der Waals surface area (Å²) >= 11 is 0. The molecular formula is C10H15N5O. The molecular weight excluding hydrogens is 206 g/mol. The van der Waals surface area contributed by atoms with Crippen molar-refractivity contribution in [2.24, 2.45) is 7.05 Å². The second-order valence-electron chi connectivity index (χ2n) is 3.67. The lowest BCUT2D eigenvalue weighted by Gasteiger charge is -2.02. The van der Waals surface area contributed by atoms with Crippen LogP contribution in [0.15, 0.2) is 17.0 Å². The minimum Gasteiger partial charge on any atom is -0.343 e. The molecule has 0 saturated heterocycles. The molecule has 0 radical (unpaired) electrons. The Labute approximate surface area is 93.7 Å². The molecule has 0 aliphatic carbocycles. The molecule has 0 amide bonds.